The van der Waals surface area contributed by atoms with Crippen LogP contribution in [0, 0.1) is 0 Å². The van der Waals surface area contributed by atoms with Gasteiger partial charge >= 0.3 is 0 Å². The van der Waals surface area contributed by atoms with Crippen LogP contribution in [0.5, 0.6) is 0 Å². The lowest BCUT2D eigenvalue weighted by molar-refractivity contribution is 0.154. The first kappa shape index (κ1) is 17.1. The van der Waals surface area contributed by atoms with Gasteiger partial charge in [0.15, 0.2) is 0 Å². The van der Waals surface area contributed by atoms with Crippen LogP contribution in [-0.4, -0.2) is 58.1 Å². The van der Waals surface area contributed by atoms with Gasteiger partial charge in [0.1, 0.15) is 0 Å². The summed E-state index contributed by atoms with van der Waals surface area (Å²) in [5, 5.41) is 0. The number of hydrogen-bond donors (Lipinski definition) is 0. The molecule has 0 aliphatic heterocycles. The molecule has 0 aromatic rings. The molecule has 17 heavy (non-hydrogen) atoms. The molecule has 0 amide bonds. The summed E-state index contributed by atoms with van der Waals surface area (Å²) in [6.07, 6.45) is 1.92. The van der Waals surface area contributed by atoms with Crippen molar-refractivity contribution < 1.29 is 18.8 Å². The zero-order chi connectivity index (χ0) is 13.0. The molecule has 0 aromatic carbocycles. The molecule has 0 N–H and O–H groups in total. The molecule has 0 fully saturated rings. The van der Waals surface area contributed by atoms with Gasteiger partial charge in [0.2, 0.25) is 0 Å². The molecule has 0 aliphatic carbocycles. The van der Waals surface area contributed by atoms with Crippen molar-refractivity contribution in [3.8, 4) is 0 Å². The van der Waals surface area contributed by atoms with Crippen molar-refractivity contribution >= 4 is 7.14 Å². The van der Waals surface area contributed by atoms with Crippen molar-refractivity contribution in [1.29, 1.82) is 0 Å². The first-order valence-corrected chi connectivity index (χ1v) is 8.75. The van der Waals surface area contributed by atoms with Crippen LogP contribution in [0.3, 0.4) is 0 Å². The molecule has 0 atom stereocenters. The summed E-state index contributed by atoms with van der Waals surface area (Å²) in [4.78, 5) is 0. The maximum Gasteiger partial charge on any atom is 0.0944 e. The van der Waals surface area contributed by atoms with E-state index in [1.807, 2.05) is 20.8 Å². The molecule has 0 radical (unpaired) electrons. The van der Waals surface area contributed by atoms with Crippen LogP contribution >= 0.6 is 7.14 Å². The van der Waals surface area contributed by atoms with Gasteiger partial charge in [0, 0.05) is 38.3 Å². The smallest absolute Gasteiger partial charge is 0.0944 e. The number of rotatable bonds is 12. The third-order valence-electron chi connectivity index (χ3n) is 2.54. The van der Waals surface area contributed by atoms with E-state index in [1.165, 1.54) is 0 Å². The summed E-state index contributed by atoms with van der Waals surface area (Å²) >= 11 is 0. The van der Waals surface area contributed by atoms with Crippen LogP contribution in [0.2, 0.25) is 0 Å². The highest BCUT2D eigenvalue weighted by Gasteiger charge is 2.21. The number of hydrogen-bond acceptors (Lipinski definition) is 4. The quantitative estimate of drug-likeness (QED) is 0.402. The standard InChI is InChI=1S/C12H27O4P/c1-4-14-7-10-17(13,11-8-15-5-2)12-9-16-6-3/h4-12H2,1-3H3. The van der Waals surface area contributed by atoms with Gasteiger partial charge in [-0.2, -0.15) is 0 Å². The van der Waals surface area contributed by atoms with E-state index in [1.54, 1.807) is 0 Å². The zero-order valence-electron chi connectivity index (χ0n) is 11.4. The fourth-order valence-corrected chi connectivity index (χ4v) is 3.52. The van der Waals surface area contributed by atoms with E-state index in [9.17, 15) is 4.57 Å². The topological polar surface area (TPSA) is 44.8 Å². The minimum atomic E-state index is -2.18. The maximum atomic E-state index is 12.6. The van der Waals surface area contributed by atoms with E-state index in [4.69, 9.17) is 14.2 Å². The summed E-state index contributed by atoms with van der Waals surface area (Å²) in [7, 11) is -2.18. The van der Waals surface area contributed by atoms with E-state index in [-0.39, 0.29) is 0 Å². The van der Waals surface area contributed by atoms with E-state index < -0.39 is 7.14 Å². The minimum Gasteiger partial charge on any atom is -0.381 e. The molecule has 104 valence electrons. The Kier molecular flexibility index (Phi) is 11.3. The molecule has 0 spiro atoms. The van der Waals surface area contributed by atoms with Crippen molar-refractivity contribution in [2.24, 2.45) is 0 Å². The van der Waals surface area contributed by atoms with Crippen LogP contribution in [0.1, 0.15) is 20.8 Å². The predicted octanol–water partition coefficient (Wildman–Crippen LogP) is 2.46. The second-order valence-electron chi connectivity index (χ2n) is 3.82. The zero-order valence-corrected chi connectivity index (χ0v) is 12.3. The Labute approximate surface area is 105 Å². The van der Waals surface area contributed by atoms with Gasteiger partial charge in [0.05, 0.1) is 27.0 Å². The maximum absolute atomic E-state index is 12.6. The second kappa shape index (κ2) is 11.2. The van der Waals surface area contributed by atoms with Crippen molar-refractivity contribution in [2.75, 3.05) is 58.1 Å². The fraction of sp³-hybridized carbons (Fsp3) is 1.00. The summed E-state index contributed by atoms with van der Waals surface area (Å²) in [5.41, 5.74) is 0. The van der Waals surface area contributed by atoms with Gasteiger partial charge in [-0.25, -0.2) is 0 Å². The molecule has 0 saturated heterocycles. The van der Waals surface area contributed by atoms with Gasteiger partial charge in [-0.1, -0.05) is 0 Å². The predicted molar refractivity (Wildman–Crippen MR) is 71.7 cm³/mol. The molecule has 0 aromatic heterocycles. The van der Waals surface area contributed by atoms with Crippen LogP contribution < -0.4 is 0 Å². The molecule has 0 unspecified atom stereocenters. The molecular formula is C12H27O4P. The SMILES string of the molecule is CCOCCP(=O)(CCOCC)CCOCC. The highest BCUT2D eigenvalue weighted by molar-refractivity contribution is 7.64. The number of ether oxygens (including phenoxy) is 3. The van der Waals surface area contributed by atoms with Crippen molar-refractivity contribution in [3.63, 3.8) is 0 Å². The van der Waals surface area contributed by atoms with Crippen LogP contribution in [-0.2, 0) is 18.8 Å². The van der Waals surface area contributed by atoms with Crippen molar-refractivity contribution in [1.82, 2.24) is 0 Å². The average Bonchev–Trinajstić information content (AvgIpc) is 2.30. The first-order chi connectivity index (χ1) is 8.18. The summed E-state index contributed by atoms with van der Waals surface area (Å²) in [6, 6.07) is 0. The van der Waals surface area contributed by atoms with Crippen LogP contribution in [0.25, 0.3) is 0 Å². The van der Waals surface area contributed by atoms with Crippen LogP contribution in [0.15, 0.2) is 0 Å². The summed E-state index contributed by atoms with van der Waals surface area (Å²) in [6.45, 7) is 9.61. The third-order valence-corrected chi connectivity index (χ3v) is 5.53. The fourth-order valence-electron chi connectivity index (χ4n) is 1.46. The Balaban J connectivity index is 4.00. The Morgan fingerprint density at radius 3 is 1.24 bits per heavy atom. The molecule has 0 rings (SSSR count). The molecular weight excluding hydrogens is 239 g/mol. The molecule has 0 bridgehead atoms. The van der Waals surface area contributed by atoms with E-state index >= 15 is 0 Å². The molecule has 5 heteroatoms. The largest absolute Gasteiger partial charge is 0.381 e. The van der Waals surface area contributed by atoms with E-state index in [0.29, 0.717) is 58.1 Å². The Hall–Kier alpha value is 0.110. The lowest BCUT2D eigenvalue weighted by atomic mass is 10.8. The minimum absolute atomic E-state index is 0.575. The Morgan fingerprint density at radius 2 is 1.00 bits per heavy atom. The Morgan fingerprint density at radius 1 is 0.706 bits per heavy atom. The second-order valence-corrected chi connectivity index (χ2v) is 7.28. The summed E-state index contributed by atoms with van der Waals surface area (Å²) in [5.74, 6) is 0. The normalized spacial score (nSPS) is 11.9. The van der Waals surface area contributed by atoms with Crippen molar-refractivity contribution in [3.05, 3.63) is 0 Å². The highest BCUT2D eigenvalue weighted by atomic mass is 31.2. The Bertz CT molecular complexity index is 175. The molecule has 0 aliphatic rings. The first-order valence-electron chi connectivity index (χ1n) is 6.48. The van der Waals surface area contributed by atoms with Gasteiger partial charge in [0.25, 0.3) is 0 Å². The summed E-state index contributed by atoms with van der Waals surface area (Å²) < 4.78 is 28.5. The highest BCUT2D eigenvalue weighted by Crippen LogP contribution is 2.44. The lowest BCUT2D eigenvalue weighted by Gasteiger charge is -2.18. The van der Waals surface area contributed by atoms with Crippen LogP contribution in [0.4, 0.5) is 0 Å². The van der Waals surface area contributed by atoms with Gasteiger partial charge in [-0.05, 0) is 20.8 Å². The van der Waals surface area contributed by atoms with Crippen molar-refractivity contribution in [2.45, 2.75) is 20.8 Å². The van der Waals surface area contributed by atoms with E-state index in [2.05, 4.69) is 0 Å². The third kappa shape index (κ3) is 9.78. The molecule has 0 heterocycles. The average molecular weight is 266 g/mol. The van der Waals surface area contributed by atoms with E-state index in [0.717, 1.165) is 0 Å². The monoisotopic (exact) mass is 266 g/mol. The lowest BCUT2D eigenvalue weighted by Crippen LogP contribution is -2.13. The molecule has 4 nitrogen and oxygen atoms in total. The van der Waals surface area contributed by atoms with Gasteiger partial charge < -0.3 is 18.8 Å². The van der Waals surface area contributed by atoms with Gasteiger partial charge in [-0.15, -0.1) is 0 Å². The molecule has 0 saturated carbocycles. The van der Waals surface area contributed by atoms with Gasteiger partial charge in [-0.3, -0.25) is 0 Å².